The van der Waals surface area contributed by atoms with Gasteiger partial charge in [-0.2, -0.15) is 0 Å². The van der Waals surface area contributed by atoms with Gasteiger partial charge in [0, 0.05) is 4.47 Å². The summed E-state index contributed by atoms with van der Waals surface area (Å²) in [5, 5.41) is 0. The average molecular weight is 271 g/mol. The Balaban J connectivity index is 2.17. The zero-order chi connectivity index (χ0) is 11.1. The number of halogens is 1. The SMILES string of the molecule is CCC(C)CCCOc1ccc(Br)cc1. The molecule has 2 heteroatoms. The molecule has 1 aromatic rings. The van der Waals surface area contributed by atoms with Gasteiger partial charge >= 0.3 is 0 Å². The number of hydrogen-bond donors (Lipinski definition) is 0. The van der Waals surface area contributed by atoms with Crippen LogP contribution < -0.4 is 4.74 Å². The second-order valence-electron chi connectivity index (χ2n) is 3.96. The minimum Gasteiger partial charge on any atom is -0.494 e. The van der Waals surface area contributed by atoms with Crippen molar-refractivity contribution in [2.45, 2.75) is 33.1 Å². The molecule has 0 amide bonds. The van der Waals surface area contributed by atoms with Crippen LogP contribution in [0.5, 0.6) is 5.75 Å². The van der Waals surface area contributed by atoms with E-state index in [1.54, 1.807) is 0 Å². The van der Waals surface area contributed by atoms with Crippen LogP contribution in [0.2, 0.25) is 0 Å². The molecule has 1 unspecified atom stereocenters. The minimum absolute atomic E-state index is 0.818. The van der Waals surface area contributed by atoms with Gasteiger partial charge in [0.1, 0.15) is 5.75 Å². The Hall–Kier alpha value is -0.500. The molecule has 0 saturated heterocycles. The highest BCUT2D eigenvalue weighted by atomic mass is 79.9. The third kappa shape index (κ3) is 5.22. The average Bonchev–Trinajstić information content (AvgIpc) is 2.26. The molecular formula is C13H19BrO. The molecule has 0 radical (unpaired) electrons. The van der Waals surface area contributed by atoms with Gasteiger partial charge in [0.15, 0.2) is 0 Å². The first-order valence-electron chi connectivity index (χ1n) is 5.60. The van der Waals surface area contributed by atoms with Crippen molar-refractivity contribution in [2.24, 2.45) is 5.92 Å². The zero-order valence-corrected chi connectivity index (χ0v) is 11.1. The van der Waals surface area contributed by atoms with Crippen LogP contribution in [0.15, 0.2) is 28.7 Å². The first-order chi connectivity index (χ1) is 7.22. The summed E-state index contributed by atoms with van der Waals surface area (Å²) in [6.45, 7) is 5.35. The number of hydrogen-bond acceptors (Lipinski definition) is 1. The second kappa shape index (κ2) is 6.89. The summed E-state index contributed by atoms with van der Waals surface area (Å²) in [7, 11) is 0. The highest BCUT2D eigenvalue weighted by Crippen LogP contribution is 2.17. The second-order valence-corrected chi connectivity index (χ2v) is 4.87. The molecule has 15 heavy (non-hydrogen) atoms. The number of ether oxygens (including phenoxy) is 1. The molecule has 0 N–H and O–H groups in total. The van der Waals surface area contributed by atoms with Crippen LogP contribution >= 0.6 is 15.9 Å². The summed E-state index contributed by atoms with van der Waals surface area (Å²) < 4.78 is 6.73. The molecule has 0 aliphatic heterocycles. The van der Waals surface area contributed by atoms with Gasteiger partial charge in [0.2, 0.25) is 0 Å². The molecule has 1 nitrogen and oxygen atoms in total. The van der Waals surface area contributed by atoms with Crippen molar-refractivity contribution < 1.29 is 4.74 Å². The van der Waals surface area contributed by atoms with Gasteiger partial charge in [-0.1, -0.05) is 36.2 Å². The van der Waals surface area contributed by atoms with E-state index < -0.39 is 0 Å². The fourth-order valence-electron chi connectivity index (χ4n) is 1.36. The van der Waals surface area contributed by atoms with Crippen molar-refractivity contribution >= 4 is 15.9 Å². The summed E-state index contributed by atoms with van der Waals surface area (Å²) in [6, 6.07) is 7.99. The zero-order valence-electron chi connectivity index (χ0n) is 9.50. The van der Waals surface area contributed by atoms with Crippen LogP contribution in [0, 0.1) is 5.92 Å². The Morgan fingerprint density at radius 2 is 1.93 bits per heavy atom. The highest BCUT2D eigenvalue weighted by molar-refractivity contribution is 9.10. The van der Waals surface area contributed by atoms with Crippen molar-refractivity contribution in [2.75, 3.05) is 6.61 Å². The van der Waals surface area contributed by atoms with Crippen molar-refractivity contribution in [3.05, 3.63) is 28.7 Å². The molecule has 1 aromatic carbocycles. The Labute approximate surface area is 101 Å². The molecular weight excluding hydrogens is 252 g/mol. The molecule has 0 aliphatic rings. The maximum atomic E-state index is 5.64. The van der Waals surface area contributed by atoms with Gasteiger partial charge in [0.25, 0.3) is 0 Å². The van der Waals surface area contributed by atoms with E-state index in [1.165, 1.54) is 12.8 Å². The van der Waals surface area contributed by atoms with Gasteiger partial charge in [-0.05, 0) is 43.0 Å². The van der Waals surface area contributed by atoms with Gasteiger partial charge in [-0.3, -0.25) is 0 Å². The molecule has 0 bridgehead atoms. The van der Waals surface area contributed by atoms with E-state index in [-0.39, 0.29) is 0 Å². The van der Waals surface area contributed by atoms with E-state index in [0.717, 1.165) is 29.2 Å². The summed E-state index contributed by atoms with van der Waals surface area (Å²) in [4.78, 5) is 0. The predicted octanol–water partition coefficient (Wildman–Crippen LogP) is 4.65. The van der Waals surface area contributed by atoms with Gasteiger partial charge in [0.05, 0.1) is 6.61 Å². The topological polar surface area (TPSA) is 9.23 Å². The number of benzene rings is 1. The summed E-state index contributed by atoms with van der Waals surface area (Å²) in [5.41, 5.74) is 0. The van der Waals surface area contributed by atoms with Gasteiger partial charge in [-0.25, -0.2) is 0 Å². The lowest BCUT2D eigenvalue weighted by atomic mass is 10.0. The lowest BCUT2D eigenvalue weighted by Crippen LogP contribution is -2.00. The summed E-state index contributed by atoms with van der Waals surface area (Å²) >= 11 is 3.40. The fraction of sp³-hybridized carbons (Fsp3) is 0.538. The van der Waals surface area contributed by atoms with Crippen molar-refractivity contribution in [3.63, 3.8) is 0 Å². The minimum atomic E-state index is 0.818. The summed E-state index contributed by atoms with van der Waals surface area (Å²) in [5.74, 6) is 1.78. The Morgan fingerprint density at radius 3 is 2.53 bits per heavy atom. The van der Waals surface area contributed by atoms with Crippen LogP contribution in [0.4, 0.5) is 0 Å². The van der Waals surface area contributed by atoms with E-state index in [0.29, 0.717) is 0 Å². The van der Waals surface area contributed by atoms with Crippen LogP contribution in [0.3, 0.4) is 0 Å². The van der Waals surface area contributed by atoms with Crippen LogP contribution in [0.25, 0.3) is 0 Å². The smallest absolute Gasteiger partial charge is 0.119 e. The first-order valence-corrected chi connectivity index (χ1v) is 6.40. The molecule has 0 aliphatic carbocycles. The molecule has 1 rings (SSSR count). The lowest BCUT2D eigenvalue weighted by Gasteiger charge is -2.09. The third-order valence-electron chi connectivity index (χ3n) is 2.62. The molecule has 0 heterocycles. The van der Waals surface area contributed by atoms with Crippen LogP contribution in [-0.2, 0) is 0 Å². The van der Waals surface area contributed by atoms with Gasteiger partial charge < -0.3 is 4.74 Å². The number of rotatable bonds is 6. The maximum absolute atomic E-state index is 5.64. The molecule has 0 fully saturated rings. The van der Waals surface area contributed by atoms with Gasteiger partial charge in [-0.15, -0.1) is 0 Å². The molecule has 1 atom stereocenters. The normalized spacial score (nSPS) is 12.5. The Morgan fingerprint density at radius 1 is 1.27 bits per heavy atom. The van der Waals surface area contributed by atoms with Crippen LogP contribution in [0.1, 0.15) is 33.1 Å². The van der Waals surface area contributed by atoms with Crippen molar-refractivity contribution in [1.82, 2.24) is 0 Å². The highest BCUT2D eigenvalue weighted by Gasteiger charge is 1.98. The fourth-order valence-corrected chi connectivity index (χ4v) is 1.62. The Bertz CT molecular complexity index is 268. The lowest BCUT2D eigenvalue weighted by molar-refractivity contribution is 0.294. The van der Waals surface area contributed by atoms with E-state index in [9.17, 15) is 0 Å². The molecule has 0 aromatic heterocycles. The monoisotopic (exact) mass is 270 g/mol. The first kappa shape index (κ1) is 12.6. The van der Waals surface area contributed by atoms with Crippen molar-refractivity contribution in [1.29, 1.82) is 0 Å². The van der Waals surface area contributed by atoms with Crippen LogP contribution in [-0.4, -0.2) is 6.61 Å². The van der Waals surface area contributed by atoms with Crippen molar-refractivity contribution in [3.8, 4) is 5.75 Å². The third-order valence-corrected chi connectivity index (χ3v) is 3.15. The van der Waals surface area contributed by atoms with E-state index in [1.807, 2.05) is 24.3 Å². The quantitative estimate of drug-likeness (QED) is 0.684. The standard InChI is InChI=1S/C13H19BrO/c1-3-11(2)5-4-10-15-13-8-6-12(14)7-9-13/h6-9,11H,3-5,10H2,1-2H3. The maximum Gasteiger partial charge on any atom is 0.119 e. The summed E-state index contributed by atoms with van der Waals surface area (Å²) in [6.07, 6.45) is 3.66. The van der Waals surface area contributed by atoms with E-state index in [4.69, 9.17) is 4.74 Å². The predicted molar refractivity (Wildman–Crippen MR) is 68.3 cm³/mol. The van der Waals surface area contributed by atoms with E-state index >= 15 is 0 Å². The molecule has 84 valence electrons. The largest absolute Gasteiger partial charge is 0.494 e. The Kier molecular flexibility index (Phi) is 5.77. The van der Waals surface area contributed by atoms with E-state index in [2.05, 4.69) is 29.8 Å². The molecule has 0 spiro atoms. The molecule has 0 saturated carbocycles.